The topological polar surface area (TPSA) is 64.3 Å². The van der Waals surface area contributed by atoms with Crippen LogP contribution in [-0.2, 0) is 9.53 Å². The predicted octanol–water partition coefficient (Wildman–Crippen LogP) is 1.99. The van der Waals surface area contributed by atoms with Crippen LogP contribution in [0.25, 0.3) is 0 Å². The summed E-state index contributed by atoms with van der Waals surface area (Å²) in [5.74, 6) is -0.435. The van der Waals surface area contributed by atoms with Crippen molar-refractivity contribution >= 4 is 21.8 Å². The minimum Gasteiger partial charge on any atom is -0.370 e. The lowest BCUT2D eigenvalue weighted by Crippen LogP contribution is -2.27. The Morgan fingerprint density at radius 2 is 2.11 bits per heavy atom. The summed E-state index contributed by atoms with van der Waals surface area (Å²) in [4.78, 5) is 10.5. The van der Waals surface area contributed by atoms with Crippen molar-refractivity contribution in [1.82, 2.24) is 5.32 Å². The van der Waals surface area contributed by atoms with E-state index in [-0.39, 0.29) is 6.61 Å². The number of primary amides is 1. The fraction of sp³-hybridized carbons (Fsp3) is 0.462. The fourth-order valence-corrected chi connectivity index (χ4v) is 1.94. The minimum atomic E-state index is -0.435. The maximum atomic E-state index is 10.5. The van der Waals surface area contributed by atoms with Gasteiger partial charge in [-0.15, -0.1) is 0 Å². The SMILES string of the molecule is CCC(NCCOCC(N)=O)c1ccc(Br)cc1. The summed E-state index contributed by atoms with van der Waals surface area (Å²) in [5, 5.41) is 3.39. The molecular weight excluding hydrogens is 296 g/mol. The highest BCUT2D eigenvalue weighted by Crippen LogP contribution is 2.19. The molecule has 0 heterocycles. The Hall–Kier alpha value is -0.910. The van der Waals surface area contributed by atoms with Crippen LogP contribution in [0.1, 0.15) is 24.9 Å². The molecule has 0 aliphatic carbocycles. The molecule has 0 aliphatic rings. The van der Waals surface area contributed by atoms with Crippen LogP contribution >= 0.6 is 15.9 Å². The van der Waals surface area contributed by atoms with E-state index in [9.17, 15) is 4.79 Å². The van der Waals surface area contributed by atoms with Gasteiger partial charge in [0.1, 0.15) is 6.61 Å². The average molecular weight is 315 g/mol. The standard InChI is InChI=1S/C13H19BrN2O2/c1-2-12(10-3-5-11(14)6-4-10)16-7-8-18-9-13(15)17/h3-6,12,16H,2,7-9H2,1H3,(H2,15,17). The number of halogens is 1. The van der Waals surface area contributed by atoms with Crippen LogP contribution in [0.15, 0.2) is 28.7 Å². The zero-order valence-corrected chi connectivity index (χ0v) is 12.1. The van der Waals surface area contributed by atoms with Crippen molar-refractivity contribution in [1.29, 1.82) is 0 Å². The number of rotatable bonds is 8. The summed E-state index contributed by atoms with van der Waals surface area (Å²) in [6, 6.07) is 8.55. The number of nitrogens with two attached hydrogens (primary N) is 1. The van der Waals surface area contributed by atoms with Gasteiger partial charge >= 0.3 is 0 Å². The molecule has 18 heavy (non-hydrogen) atoms. The number of ether oxygens (including phenoxy) is 1. The molecule has 0 aliphatic heterocycles. The molecule has 0 bridgehead atoms. The molecule has 5 heteroatoms. The molecule has 3 N–H and O–H groups in total. The molecule has 4 nitrogen and oxygen atoms in total. The van der Waals surface area contributed by atoms with E-state index in [0.717, 1.165) is 10.9 Å². The molecule has 0 saturated carbocycles. The van der Waals surface area contributed by atoms with E-state index >= 15 is 0 Å². The van der Waals surface area contributed by atoms with Crippen molar-refractivity contribution in [2.24, 2.45) is 5.73 Å². The minimum absolute atomic E-state index is 0.0171. The third kappa shape index (κ3) is 5.62. The zero-order valence-electron chi connectivity index (χ0n) is 10.5. The monoisotopic (exact) mass is 314 g/mol. The second kappa shape index (κ2) is 8.24. The maximum Gasteiger partial charge on any atom is 0.243 e. The van der Waals surface area contributed by atoms with Crippen LogP contribution in [0.5, 0.6) is 0 Å². The van der Waals surface area contributed by atoms with Crippen molar-refractivity contribution in [2.45, 2.75) is 19.4 Å². The van der Waals surface area contributed by atoms with Crippen molar-refractivity contribution in [3.63, 3.8) is 0 Å². The number of hydrogen-bond donors (Lipinski definition) is 2. The molecule has 0 saturated heterocycles. The quantitative estimate of drug-likeness (QED) is 0.721. The molecule has 0 aromatic heterocycles. The zero-order chi connectivity index (χ0) is 13.4. The van der Waals surface area contributed by atoms with Gasteiger partial charge in [0.15, 0.2) is 0 Å². The van der Waals surface area contributed by atoms with Crippen LogP contribution in [0.2, 0.25) is 0 Å². The van der Waals surface area contributed by atoms with Gasteiger partial charge < -0.3 is 15.8 Å². The molecule has 0 spiro atoms. The number of hydrogen-bond acceptors (Lipinski definition) is 3. The molecule has 1 unspecified atom stereocenters. The summed E-state index contributed by atoms with van der Waals surface area (Å²) in [6.45, 7) is 3.29. The normalized spacial score (nSPS) is 12.3. The lowest BCUT2D eigenvalue weighted by molar-refractivity contribution is -0.122. The first-order chi connectivity index (χ1) is 8.63. The van der Waals surface area contributed by atoms with E-state index in [0.29, 0.717) is 19.2 Å². The smallest absolute Gasteiger partial charge is 0.243 e. The summed E-state index contributed by atoms with van der Waals surface area (Å²) in [5.41, 5.74) is 6.22. The number of amides is 1. The molecule has 1 atom stereocenters. The molecule has 1 aromatic carbocycles. The van der Waals surface area contributed by atoms with Crippen LogP contribution in [0.4, 0.5) is 0 Å². The first kappa shape index (κ1) is 15.1. The van der Waals surface area contributed by atoms with Gasteiger partial charge in [-0.1, -0.05) is 35.0 Å². The maximum absolute atomic E-state index is 10.5. The Balaban J connectivity index is 2.33. The van der Waals surface area contributed by atoms with Gasteiger partial charge in [-0.25, -0.2) is 0 Å². The third-order valence-corrected chi connectivity index (χ3v) is 3.09. The Labute approximate surface area is 116 Å². The van der Waals surface area contributed by atoms with E-state index < -0.39 is 5.91 Å². The fourth-order valence-electron chi connectivity index (χ4n) is 1.67. The van der Waals surface area contributed by atoms with Crippen LogP contribution < -0.4 is 11.1 Å². The van der Waals surface area contributed by atoms with Crippen LogP contribution in [0, 0.1) is 0 Å². The number of carbonyl (C=O) groups is 1. The summed E-state index contributed by atoms with van der Waals surface area (Å²) < 4.78 is 6.18. The van der Waals surface area contributed by atoms with Gasteiger partial charge in [0, 0.05) is 17.1 Å². The highest BCUT2D eigenvalue weighted by atomic mass is 79.9. The molecular formula is C13H19BrN2O2. The second-order valence-electron chi connectivity index (χ2n) is 3.99. The van der Waals surface area contributed by atoms with Crippen LogP contribution in [-0.4, -0.2) is 25.7 Å². The second-order valence-corrected chi connectivity index (χ2v) is 4.90. The van der Waals surface area contributed by atoms with E-state index in [1.54, 1.807) is 0 Å². The number of benzene rings is 1. The van der Waals surface area contributed by atoms with E-state index in [1.165, 1.54) is 5.56 Å². The average Bonchev–Trinajstić information content (AvgIpc) is 2.35. The van der Waals surface area contributed by atoms with Crippen molar-refractivity contribution < 1.29 is 9.53 Å². The Kier molecular flexibility index (Phi) is 6.93. The van der Waals surface area contributed by atoms with Crippen molar-refractivity contribution in [3.8, 4) is 0 Å². The highest BCUT2D eigenvalue weighted by Gasteiger charge is 2.07. The molecule has 0 fully saturated rings. The lowest BCUT2D eigenvalue weighted by Gasteiger charge is -2.17. The van der Waals surface area contributed by atoms with Gasteiger partial charge in [0.25, 0.3) is 0 Å². The van der Waals surface area contributed by atoms with Gasteiger partial charge in [-0.2, -0.15) is 0 Å². The molecule has 1 aromatic rings. The number of carbonyl (C=O) groups excluding carboxylic acids is 1. The highest BCUT2D eigenvalue weighted by molar-refractivity contribution is 9.10. The largest absolute Gasteiger partial charge is 0.370 e. The van der Waals surface area contributed by atoms with Gasteiger partial charge in [0.05, 0.1) is 6.61 Å². The van der Waals surface area contributed by atoms with E-state index in [4.69, 9.17) is 10.5 Å². The van der Waals surface area contributed by atoms with Gasteiger partial charge in [0.2, 0.25) is 5.91 Å². The third-order valence-electron chi connectivity index (χ3n) is 2.56. The number of nitrogens with one attached hydrogen (secondary N) is 1. The Morgan fingerprint density at radius 3 is 2.67 bits per heavy atom. The molecule has 1 amide bonds. The molecule has 0 radical (unpaired) electrons. The Morgan fingerprint density at radius 1 is 1.44 bits per heavy atom. The van der Waals surface area contributed by atoms with Crippen molar-refractivity contribution in [3.05, 3.63) is 34.3 Å². The van der Waals surface area contributed by atoms with E-state index in [1.807, 2.05) is 12.1 Å². The summed E-state index contributed by atoms with van der Waals surface area (Å²) in [7, 11) is 0. The van der Waals surface area contributed by atoms with Gasteiger partial charge in [-0.05, 0) is 24.1 Å². The van der Waals surface area contributed by atoms with Crippen LogP contribution in [0.3, 0.4) is 0 Å². The Bertz CT molecular complexity index is 368. The first-order valence-electron chi connectivity index (χ1n) is 5.98. The van der Waals surface area contributed by atoms with Gasteiger partial charge in [-0.3, -0.25) is 4.79 Å². The molecule has 1 rings (SSSR count). The lowest BCUT2D eigenvalue weighted by atomic mass is 10.1. The first-order valence-corrected chi connectivity index (χ1v) is 6.77. The summed E-state index contributed by atoms with van der Waals surface area (Å²) in [6.07, 6.45) is 0.997. The predicted molar refractivity (Wildman–Crippen MR) is 75.2 cm³/mol. The molecule has 100 valence electrons. The van der Waals surface area contributed by atoms with Crippen molar-refractivity contribution in [2.75, 3.05) is 19.8 Å². The summed E-state index contributed by atoms with van der Waals surface area (Å²) >= 11 is 3.42. The van der Waals surface area contributed by atoms with E-state index in [2.05, 4.69) is 40.3 Å².